The number of aryl methyl sites for hydroxylation is 1. The molecule has 4 rings (SSSR count). The van der Waals surface area contributed by atoms with Crippen molar-refractivity contribution in [3.63, 3.8) is 0 Å². The Bertz CT molecular complexity index is 1210. The molecule has 1 N–H and O–H groups in total. The van der Waals surface area contributed by atoms with Gasteiger partial charge in [0.05, 0.1) is 18.5 Å². The fourth-order valence-electron chi connectivity index (χ4n) is 3.61. The lowest BCUT2D eigenvalue weighted by molar-refractivity contribution is -0.117. The van der Waals surface area contributed by atoms with E-state index in [2.05, 4.69) is 5.32 Å². The van der Waals surface area contributed by atoms with Gasteiger partial charge in [-0.15, -0.1) is 0 Å². The van der Waals surface area contributed by atoms with Crippen LogP contribution < -0.4 is 10.1 Å². The van der Waals surface area contributed by atoms with Crippen molar-refractivity contribution in [2.24, 2.45) is 4.99 Å². The van der Waals surface area contributed by atoms with Crippen LogP contribution in [0.4, 0.5) is 10.1 Å². The first-order chi connectivity index (χ1) is 14.9. The molecule has 4 nitrogen and oxygen atoms in total. The van der Waals surface area contributed by atoms with Crippen molar-refractivity contribution in [3.8, 4) is 5.75 Å². The second-order valence-corrected chi connectivity index (χ2v) is 8.14. The number of hydrogen-bond donors (Lipinski definition) is 1. The number of benzene rings is 3. The van der Waals surface area contributed by atoms with Gasteiger partial charge in [0.2, 0.25) is 5.91 Å². The summed E-state index contributed by atoms with van der Waals surface area (Å²) in [7, 11) is 1.62. The van der Waals surface area contributed by atoms with E-state index in [9.17, 15) is 9.18 Å². The molecule has 1 unspecified atom stereocenters. The Morgan fingerprint density at radius 1 is 1.10 bits per heavy atom. The molecule has 7 heteroatoms. The zero-order valence-electron chi connectivity index (χ0n) is 16.9. The summed E-state index contributed by atoms with van der Waals surface area (Å²) in [5.74, 6) is 0.0522. The number of fused-ring (bicyclic) bond motifs is 1. The molecule has 1 aliphatic heterocycles. The van der Waals surface area contributed by atoms with Crippen molar-refractivity contribution >= 4 is 40.5 Å². The van der Waals surface area contributed by atoms with E-state index in [0.717, 1.165) is 22.4 Å². The molecule has 0 aromatic heterocycles. The maximum Gasteiger partial charge on any atom is 0.249 e. The monoisotopic (exact) mass is 456 g/mol. The number of nitrogens with zero attached hydrogens (tertiary/aromatic N) is 1. The smallest absolute Gasteiger partial charge is 0.249 e. The number of aliphatic imine (C=N–C) groups is 1. The third-order valence-electron chi connectivity index (χ3n) is 5.18. The van der Waals surface area contributed by atoms with Gasteiger partial charge in [0.15, 0.2) is 0 Å². The van der Waals surface area contributed by atoms with Crippen molar-refractivity contribution in [3.05, 3.63) is 92.7 Å². The molecular formula is C24H19Cl2FN2O2. The largest absolute Gasteiger partial charge is 0.496 e. The topological polar surface area (TPSA) is 50.7 Å². The second kappa shape index (κ2) is 8.69. The van der Waals surface area contributed by atoms with Crippen molar-refractivity contribution in [2.75, 3.05) is 12.4 Å². The van der Waals surface area contributed by atoms with E-state index in [-0.39, 0.29) is 17.4 Å². The Hall–Kier alpha value is -2.89. The molecule has 1 atom stereocenters. The predicted octanol–water partition coefficient (Wildman–Crippen LogP) is 5.85. The molecule has 0 saturated carbocycles. The van der Waals surface area contributed by atoms with Crippen LogP contribution >= 0.6 is 23.2 Å². The molecule has 0 saturated heterocycles. The average Bonchev–Trinajstić information content (AvgIpc) is 2.86. The Morgan fingerprint density at radius 2 is 1.90 bits per heavy atom. The zero-order valence-corrected chi connectivity index (χ0v) is 18.4. The quantitative estimate of drug-likeness (QED) is 0.535. The van der Waals surface area contributed by atoms with Gasteiger partial charge < -0.3 is 10.1 Å². The fourth-order valence-corrected chi connectivity index (χ4v) is 4.03. The van der Waals surface area contributed by atoms with Crippen LogP contribution in [0.5, 0.6) is 5.75 Å². The molecule has 1 heterocycles. The number of benzodiazepines with no additional fused rings is 1. The Labute approximate surface area is 189 Å². The van der Waals surface area contributed by atoms with Crippen LogP contribution in [0.1, 0.15) is 22.3 Å². The number of rotatable bonds is 4. The van der Waals surface area contributed by atoms with E-state index >= 15 is 0 Å². The van der Waals surface area contributed by atoms with Crippen molar-refractivity contribution < 1.29 is 13.9 Å². The van der Waals surface area contributed by atoms with E-state index in [0.29, 0.717) is 22.0 Å². The highest BCUT2D eigenvalue weighted by molar-refractivity contribution is 6.32. The third-order valence-corrected chi connectivity index (χ3v) is 5.77. The normalized spacial score (nSPS) is 15.6. The number of nitrogens with one attached hydrogen (secondary N) is 1. The number of anilines is 1. The number of carbonyl (C=O) groups excluding carboxylic acids is 1. The highest BCUT2D eigenvalue weighted by atomic mass is 35.5. The highest BCUT2D eigenvalue weighted by Gasteiger charge is 2.27. The number of ether oxygens (including phenoxy) is 1. The number of hydrogen-bond acceptors (Lipinski definition) is 3. The minimum absolute atomic E-state index is 0.227. The van der Waals surface area contributed by atoms with Crippen LogP contribution in [-0.4, -0.2) is 24.8 Å². The molecule has 0 spiro atoms. The molecule has 3 aromatic carbocycles. The summed E-state index contributed by atoms with van der Waals surface area (Å²) in [5, 5.41) is 3.73. The van der Waals surface area contributed by atoms with Crippen molar-refractivity contribution in [1.29, 1.82) is 0 Å². The number of methoxy groups -OCH3 is 1. The van der Waals surface area contributed by atoms with E-state index < -0.39 is 11.9 Å². The molecule has 1 amide bonds. The van der Waals surface area contributed by atoms with E-state index in [1.165, 1.54) is 12.1 Å². The molecule has 1 aliphatic rings. The summed E-state index contributed by atoms with van der Waals surface area (Å²) in [5.41, 5.74) is 4.37. The highest BCUT2D eigenvalue weighted by Crippen LogP contribution is 2.30. The average molecular weight is 457 g/mol. The molecule has 0 bridgehead atoms. The standard InChI is InChI=1S/C24H19Cl2FN2O2/c1-13-9-15(4-8-22(13)31-2)23-18-11-16(25)5-7-20(18)29-24(30)21(28-23)10-14-3-6-17(27)12-19(14)26/h3-9,11-12,21H,10H2,1-2H3,(H,29,30). The van der Waals surface area contributed by atoms with Gasteiger partial charge in [-0.3, -0.25) is 9.79 Å². The minimum atomic E-state index is -0.758. The van der Waals surface area contributed by atoms with Crippen LogP contribution in [0.25, 0.3) is 0 Å². The zero-order chi connectivity index (χ0) is 22.1. The Balaban J connectivity index is 1.84. The third kappa shape index (κ3) is 4.43. The van der Waals surface area contributed by atoms with Crippen molar-refractivity contribution in [2.45, 2.75) is 19.4 Å². The van der Waals surface area contributed by atoms with Gasteiger partial charge in [0.1, 0.15) is 17.6 Å². The Morgan fingerprint density at radius 3 is 2.61 bits per heavy atom. The molecule has 0 radical (unpaired) electrons. The number of carbonyl (C=O) groups is 1. The molecule has 158 valence electrons. The SMILES string of the molecule is COc1ccc(C2=NC(Cc3ccc(F)cc3Cl)C(=O)Nc3ccc(Cl)cc32)cc1C. The van der Waals surface area contributed by atoms with Crippen LogP contribution in [-0.2, 0) is 11.2 Å². The first kappa shape index (κ1) is 21.3. The van der Waals surface area contributed by atoms with Gasteiger partial charge >= 0.3 is 0 Å². The molecule has 0 fully saturated rings. The summed E-state index contributed by atoms with van der Waals surface area (Å²) < 4.78 is 18.8. The van der Waals surface area contributed by atoms with Gasteiger partial charge in [-0.1, -0.05) is 29.3 Å². The molecular weight excluding hydrogens is 438 g/mol. The first-order valence-corrected chi connectivity index (χ1v) is 10.4. The van der Waals surface area contributed by atoms with Gasteiger partial charge in [0.25, 0.3) is 0 Å². The predicted molar refractivity (Wildman–Crippen MR) is 122 cm³/mol. The summed E-state index contributed by atoms with van der Waals surface area (Å²) in [6.07, 6.45) is 0.227. The molecule has 3 aromatic rings. The first-order valence-electron chi connectivity index (χ1n) is 9.63. The van der Waals surface area contributed by atoms with E-state index in [4.69, 9.17) is 32.9 Å². The number of amides is 1. The summed E-state index contributed by atoms with van der Waals surface area (Å²) in [4.78, 5) is 17.8. The summed E-state index contributed by atoms with van der Waals surface area (Å²) >= 11 is 12.5. The van der Waals surface area contributed by atoms with Crippen LogP contribution in [0, 0.1) is 12.7 Å². The van der Waals surface area contributed by atoms with Crippen LogP contribution in [0.3, 0.4) is 0 Å². The minimum Gasteiger partial charge on any atom is -0.496 e. The summed E-state index contributed by atoms with van der Waals surface area (Å²) in [6.45, 7) is 1.94. The lowest BCUT2D eigenvalue weighted by atomic mass is 9.98. The molecule has 0 aliphatic carbocycles. The summed E-state index contributed by atoms with van der Waals surface area (Å²) in [6, 6.07) is 14.3. The van der Waals surface area contributed by atoms with Gasteiger partial charge in [-0.25, -0.2) is 4.39 Å². The maximum atomic E-state index is 13.5. The van der Waals surface area contributed by atoms with E-state index in [1.807, 2.05) is 25.1 Å². The maximum absolute atomic E-state index is 13.5. The van der Waals surface area contributed by atoms with E-state index in [1.54, 1.807) is 31.4 Å². The van der Waals surface area contributed by atoms with Gasteiger partial charge in [-0.05, 0) is 66.6 Å². The van der Waals surface area contributed by atoms with Crippen molar-refractivity contribution in [1.82, 2.24) is 0 Å². The molecule has 31 heavy (non-hydrogen) atoms. The lowest BCUT2D eigenvalue weighted by Crippen LogP contribution is -2.27. The van der Waals surface area contributed by atoms with Gasteiger partial charge in [0, 0.05) is 27.6 Å². The van der Waals surface area contributed by atoms with Crippen LogP contribution in [0.15, 0.2) is 59.6 Å². The number of halogens is 3. The Kier molecular flexibility index (Phi) is 5.99. The second-order valence-electron chi connectivity index (χ2n) is 7.30. The lowest BCUT2D eigenvalue weighted by Gasteiger charge is -2.13. The fraction of sp³-hybridized carbons (Fsp3) is 0.167. The van der Waals surface area contributed by atoms with Gasteiger partial charge in [-0.2, -0.15) is 0 Å². The van der Waals surface area contributed by atoms with Crippen LogP contribution in [0.2, 0.25) is 10.0 Å².